The highest BCUT2D eigenvalue weighted by atomic mass is 32.2. The molecular weight excluding hydrogens is 519 g/mol. The van der Waals surface area contributed by atoms with E-state index in [2.05, 4.69) is 74.3 Å². The van der Waals surface area contributed by atoms with Crippen molar-refractivity contribution >= 4 is 62.2 Å². The van der Waals surface area contributed by atoms with Crippen LogP contribution in [0.5, 0.6) is 0 Å². The van der Waals surface area contributed by atoms with Gasteiger partial charge in [0, 0.05) is 36.9 Å². The molecule has 3 heterocycles. The van der Waals surface area contributed by atoms with Gasteiger partial charge in [-0.15, -0.1) is 11.3 Å². The normalized spacial score (nSPS) is 19.9. The Balaban J connectivity index is 1.60. The maximum atomic E-state index is 13.3. The van der Waals surface area contributed by atoms with Crippen LogP contribution in [0.25, 0.3) is 22.1 Å². The van der Waals surface area contributed by atoms with Gasteiger partial charge in [-0.05, 0) is 54.8 Å². The number of likely N-dealkylation sites (N-methyl/N-ethyl adjacent to an activating group) is 1. The molecule has 8 heteroatoms. The van der Waals surface area contributed by atoms with E-state index in [1.165, 1.54) is 45.5 Å². The summed E-state index contributed by atoms with van der Waals surface area (Å²) in [5.41, 5.74) is 5.59. The van der Waals surface area contributed by atoms with Gasteiger partial charge < -0.3 is 4.90 Å². The highest BCUT2D eigenvalue weighted by Crippen LogP contribution is 2.48. The number of hydrogen-bond acceptors (Lipinski definition) is 6. The molecule has 0 spiro atoms. The molecule has 1 fully saturated rings. The Labute approximate surface area is 230 Å². The van der Waals surface area contributed by atoms with E-state index in [9.17, 15) is 9.59 Å². The van der Waals surface area contributed by atoms with Crippen molar-refractivity contribution in [3.05, 3.63) is 85.4 Å². The Morgan fingerprint density at radius 2 is 1.70 bits per heavy atom. The number of aromatic nitrogens is 1. The fourth-order valence-corrected chi connectivity index (χ4v) is 7.74. The van der Waals surface area contributed by atoms with Gasteiger partial charge in [-0.25, -0.2) is 0 Å². The maximum absolute atomic E-state index is 13.3. The summed E-state index contributed by atoms with van der Waals surface area (Å²) < 4.78 is 3.51. The predicted octanol–water partition coefficient (Wildman–Crippen LogP) is 4.68. The molecule has 190 valence electrons. The molecule has 3 aromatic rings. The number of carbonyl (C=O) groups is 1. The number of thiazole rings is 1. The Hall–Kier alpha value is -2.94. The number of anilines is 1. The first-order valence-electron chi connectivity index (χ1n) is 12.3. The average Bonchev–Trinajstić information content (AvgIpc) is 3.43. The van der Waals surface area contributed by atoms with Crippen molar-refractivity contribution in [2.24, 2.45) is 0 Å². The van der Waals surface area contributed by atoms with Gasteiger partial charge in [0.15, 0.2) is 0 Å². The van der Waals surface area contributed by atoms with E-state index in [0.29, 0.717) is 31.5 Å². The maximum Gasteiger partial charge on any atom is 0.269 e. The molecule has 0 unspecified atom stereocenters. The Kier molecular flexibility index (Phi) is 6.77. The van der Waals surface area contributed by atoms with Crippen LogP contribution in [-0.4, -0.2) is 33.3 Å². The lowest BCUT2D eigenvalue weighted by Crippen LogP contribution is -2.33. The molecule has 2 aromatic carbocycles. The number of nitrogens with zero attached hydrogens (tertiary/aromatic N) is 3. The van der Waals surface area contributed by atoms with E-state index in [1.807, 2.05) is 26.0 Å². The van der Waals surface area contributed by atoms with Crippen LogP contribution in [0, 0.1) is 0 Å². The summed E-state index contributed by atoms with van der Waals surface area (Å²) in [6.07, 6.45) is 3.96. The van der Waals surface area contributed by atoms with Crippen LogP contribution in [-0.2, 0) is 16.8 Å². The summed E-state index contributed by atoms with van der Waals surface area (Å²) in [5.74, 6) is -0.118. The first-order valence-corrected chi connectivity index (χ1v) is 14.4. The topological polar surface area (TPSA) is 45.6 Å². The molecule has 0 N–H and O–H groups in total. The number of allylic oxidation sites excluding steroid dienone is 2. The highest BCUT2D eigenvalue weighted by molar-refractivity contribution is 8.30. The van der Waals surface area contributed by atoms with Crippen LogP contribution < -0.4 is 19.7 Å². The van der Waals surface area contributed by atoms with E-state index >= 15 is 0 Å². The van der Waals surface area contributed by atoms with Gasteiger partial charge >= 0.3 is 0 Å². The highest BCUT2D eigenvalue weighted by Gasteiger charge is 2.38. The van der Waals surface area contributed by atoms with Crippen LogP contribution in [0.1, 0.15) is 33.3 Å². The smallest absolute Gasteiger partial charge is 0.269 e. The quantitative estimate of drug-likeness (QED) is 0.444. The van der Waals surface area contributed by atoms with Crippen LogP contribution in [0.15, 0.2) is 65.1 Å². The summed E-state index contributed by atoms with van der Waals surface area (Å²) in [4.78, 5) is 30.6. The number of thioether (sulfide) groups is 1. The molecule has 0 saturated carbocycles. The minimum absolute atomic E-state index is 0.0801. The van der Waals surface area contributed by atoms with E-state index in [0.717, 1.165) is 5.70 Å². The van der Waals surface area contributed by atoms with Crippen molar-refractivity contribution in [2.45, 2.75) is 39.7 Å². The minimum Gasteiger partial charge on any atom is -0.347 e. The number of hydrogen-bond donors (Lipinski definition) is 0. The molecule has 2 aliphatic rings. The molecule has 0 radical (unpaired) electrons. The summed E-state index contributed by atoms with van der Waals surface area (Å²) >= 11 is 8.04. The van der Waals surface area contributed by atoms with Gasteiger partial charge in [-0.1, -0.05) is 74.2 Å². The standard InChI is InChI=1S/C29H29N3O2S3/c1-6-31-25(33)22(36-27(31)24-26(34)32(7-2)28(35)37-24)15-16-23-29(3,4)20-17-19(13-14-21(20)30(23)5)18-11-9-8-10-12-18/h8-17H,6-7H2,1-5H3/b22-15-,23-16+,27-24+. The van der Waals surface area contributed by atoms with E-state index in [-0.39, 0.29) is 16.9 Å². The van der Waals surface area contributed by atoms with Gasteiger partial charge in [0.1, 0.15) is 13.9 Å². The molecular formula is C29H29N3O2S3. The average molecular weight is 548 g/mol. The molecule has 0 bridgehead atoms. The van der Waals surface area contributed by atoms with E-state index < -0.39 is 0 Å². The summed E-state index contributed by atoms with van der Waals surface area (Å²) in [6.45, 7) is 9.28. The zero-order valence-corrected chi connectivity index (χ0v) is 24.0. The predicted molar refractivity (Wildman–Crippen MR) is 160 cm³/mol. The van der Waals surface area contributed by atoms with Crippen molar-refractivity contribution in [1.29, 1.82) is 0 Å². The van der Waals surface area contributed by atoms with Crippen molar-refractivity contribution in [3.8, 4) is 11.1 Å². The van der Waals surface area contributed by atoms with Crippen LogP contribution in [0.4, 0.5) is 5.69 Å². The van der Waals surface area contributed by atoms with Crippen molar-refractivity contribution in [1.82, 2.24) is 9.47 Å². The lowest BCUT2D eigenvalue weighted by molar-refractivity contribution is -0.120. The summed E-state index contributed by atoms with van der Waals surface area (Å²) in [6, 6.07) is 17.0. The Morgan fingerprint density at radius 1 is 0.973 bits per heavy atom. The second-order valence-electron chi connectivity index (χ2n) is 9.57. The molecule has 5 rings (SSSR count). The molecule has 1 aromatic heterocycles. The fraction of sp³-hybridized carbons (Fsp3) is 0.276. The van der Waals surface area contributed by atoms with Gasteiger partial charge in [0.2, 0.25) is 0 Å². The van der Waals surface area contributed by atoms with Crippen LogP contribution in [0.2, 0.25) is 0 Å². The second-order valence-corrected chi connectivity index (χ2v) is 12.2. The fourth-order valence-electron chi connectivity index (χ4n) is 5.09. The largest absolute Gasteiger partial charge is 0.347 e. The van der Waals surface area contributed by atoms with E-state index in [4.69, 9.17) is 12.2 Å². The first-order chi connectivity index (χ1) is 17.7. The monoisotopic (exact) mass is 547 g/mol. The third kappa shape index (κ3) is 4.21. The number of amides is 1. The SMILES string of the molecule is CCN1C(=O)/C(=c2\s/c(=C\C=C3\N(C)c4ccc(-c5ccccc5)cc4C3(C)C)c(=O)n2CC)SC1=S. The van der Waals surface area contributed by atoms with Crippen molar-refractivity contribution in [2.75, 3.05) is 18.5 Å². The van der Waals surface area contributed by atoms with Crippen molar-refractivity contribution in [3.63, 3.8) is 0 Å². The second kappa shape index (κ2) is 9.74. The molecule has 5 nitrogen and oxygen atoms in total. The number of carbonyl (C=O) groups excluding carboxylic acids is 1. The van der Waals surface area contributed by atoms with Crippen molar-refractivity contribution < 1.29 is 4.79 Å². The van der Waals surface area contributed by atoms with E-state index in [1.54, 1.807) is 9.47 Å². The third-order valence-corrected chi connectivity index (χ3v) is 9.83. The first kappa shape index (κ1) is 25.7. The lowest BCUT2D eigenvalue weighted by Gasteiger charge is -2.23. The summed E-state index contributed by atoms with van der Waals surface area (Å²) in [7, 11) is 2.07. The van der Waals surface area contributed by atoms with Gasteiger partial charge in [0.25, 0.3) is 11.5 Å². The van der Waals surface area contributed by atoms with Crippen LogP contribution in [0.3, 0.4) is 0 Å². The Morgan fingerprint density at radius 3 is 2.35 bits per heavy atom. The lowest BCUT2D eigenvalue weighted by atomic mass is 9.82. The van der Waals surface area contributed by atoms with Gasteiger partial charge in [0.05, 0.1) is 4.53 Å². The molecule has 0 atom stereocenters. The molecule has 2 aliphatic heterocycles. The number of fused-ring (bicyclic) bond motifs is 1. The zero-order chi connectivity index (χ0) is 26.5. The van der Waals surface area contributed by atoms with Crippen LogP contribution >= 0.6 is 35.3 Å². The summed E-state index contributed by atoms with van der Waals surface area (Å²) in [5, 5.41) is 0. The van der Waals surface area contributed by atoms with Gasteiger partial charge in [-0.2, -0.15) is 0 Å². The molecule has 1 amide bonds. The molecule has 1 saturated heterocycles. The van der Waals surface area contributed by atoms with Gasteiger partial charge in [-0.3, -0.25) is 19.1 Å². The zero-order valence-electron chi connectivity index (χ0n) is 21.6. The number of thiocarbonyl (C=S) groups is 1. The minimum atomic E-state index is -0.241. The Bertz CT molecular complexity index is 1630. The number of rotatable bonds is 4. The third-order valence-electron chi connectivity index (χ3n) is 7.12. The molecule has 0 aliphatic carbocycles. The number of benzene rings is 2. The molecule has 37 heavy (non-hydrogen) atoms.